The van der Waals surface area contributed by atoms with Crippen LogP contribution >= 0.6 is 11.6 Å². The van der Waals surface area contributed by atoms with Crippen LogP contribution in [0.3, 0.4) is 0 Å². The first-order chi connectivity index (χ1) is 11.4. The van der Waals surface area contributed by atoms with E-state index in [9.17, 15) is 8.42 Å². The molecule has 0 aliphatic carbocycles. The summed E-state index contributed by atoms with van der Waals surface area (Å²) in [5.74, 6) is 0.529. The van der Waals surface area contributed by atoms with Crippen molar-refractivity contribution >= 4 is 32.9 Å². The predicted octanol–water partition coefficient (Wildman–Crippen LogP) is 3.94. The van der Waals surface area contributed by atoms with Crippen LogP contribution in [0, 0.1) is 0 Å². The average molecular weight is 360 g/mol. The van der Waals surface area contributed by atoms with Crippen molar-refractivity contribution in [3.63, 3.8) is 0 Å². The normalized spacial score (nSPS) is 11.2. The van der Waals surface area contributed by atoms with Gasteiger partial charge in [0.15, 0.2) is 9.84 Å². The molecule has 0 fully saturated rings. The molecular formula is C17H14ClN3O2S. The lowest BCUT2D eigenvalue weighted by atomic mass is 10.1. The van der Waals surface area contributed by atoms with Gasteiger partial charge in [-0.15, -0.1) is 0 Å². The maximum atomic E-state index is 11.5. The number of benzene rings is 2. The van der Waals surface area contributed by atoms with Crippen molar-refractivity contribution in [1.82, 2.24) is 9.97 Å². The van der Waals surface area contributed by atoms with E-state index in [0.29, 0.717) is 17.2 Å². The Bertz CT molecular complexity index is 959. The van der Waals surface area contributed by atoms with Crippen LogP contribution in [0.25, 0.3) is 11.3 Å². The topological polar surface area (TPSA) is 72.0 Å². The van der Waals surface area contributed by atoms with Crippen LogP contribution in [0.5, 0.6) is 0 Å². The molecule has 2 aromatic carbocycles. The van der Waals surface area contributed by atoms with E-state index in [2.05, 4.69) is 15.3 Å². The standard InChI is InChI=1S/C17H14ClN3O2S/c1-24(22,23)14-9-7-13(8-10-14)19-16-11-15(20-17(18)21-16)12-5-3-2-4-6-12/h2-11H,1H3,(H,19,20,21). The number of rotatable bonds is 4. The van der Waals surface area contributed by atoms with Crippen LogP contribution in [0.15, 0.2) is 65.6 Å². The third-order valence-corrected chi connectivity index (χ3v) is 4.62. The molecule has 0 saturated heterocycles. The van der Waals surface area contributed by atoms with Crippen LogP contribution in [0.1, 0.15) is 0 Å². The van der Waals surface area contributed by atoms with Crippen LogP contribution in [-0.2, 0) is 9.84 Å². The first kappa shape index (κ1) is 16.4. The van der Waals surface area contributed by atoms with E-state index < -0.39 is 9.84 Å². The van der Waals surface area contributed by atoms with Crippen LogP contribution in [0.4, 0.5) is 11.5 Å². The molecule has 0 radical (unpaired) electrons. The first-order valence-corrected chi connectivity index (χ1v) is 9.36. The van der Waals surface area contributed by atoms with Crippen molar-refractivity contribution in [3.8, 4) is 11.3 Å². The van der Waals surface area contributed by atoms with Gasteiger partial charge < -0.3 is 5.32 Å². The van der Waals surface area contributed by atoms with Gasteiger partial charge in [-0.3, -0.25) is 0 Å². The SMILES string of the molecule is CS(=O)(=O)c1ccc(Nc2cc(-c3ccccc3)nc(Cl)n2)cc1. The van der Waals surface area contributed by atoms with E-state index in [1.54, 1.807) is 30.3 Å². The minimum Gasteiger partial charge on any atom is -0.340 e. The van der Waals surface area contributed by atoms with Crippen molar-refractivity contribution in [1.29, 1.82) is 0 Å². The van der Waals surface area contributed by atoms with Crippen LogP contribution < -0.4 is 5.32 Å². The highest BCUT2D eigenvalue weighted by Gasteiger charge is 2.08. The quantitative estimate of drug-likeness (QED) is 0.714. The number of anilines is 2. The highest BCUT2D eigenvalue weighted by Crippen LogP contribution is 2.24. The van der Waals surface area contributed by atoms with E-state index in [1.165, 1.54) is 6.26 Å². The van der Waals surface area contributed by atoms with E-state index in [1.807, 2.05) is 30.3 Å². The van der Waals surface area contributed by atoms with Crippen LogP contribution in [0.2, 0.25) is 5.28 Å². The molecule has 0 spiro atoms. The Labute approximate surface area is 145 Å². The summed E-state index contributed by atoms with van der Waals surface area (Å²) in [6.45, 7) is 0. The fourth-order valence-electron chi connectivity index (χ4n) is 2.17. The van der Waals surface area contributed by atoms with E-state index in [4.69, 9.17) is 11.6 Å². The molecular weight excluding hydrogens is 346 g/mol. The molecule has 0 bridgehead atoms. The maximum absolute atomic E-state index is 11.5. The number of sulfone groups is 1. The maximum Gasteiger partial charge on any atom is 0.224 e. The lowest BCUT2D eigenvalue weighted by molar-refractivity contribution is 0.602. The molecule has 0 aliphatic rings. The number of hydrogen-bond donors (Lipinski definition) is 1. The van der Waals surface area contributed by atoms with Gasteiger partial charge in [0.25, 0.3) is 0 Å². The molecule has 24 heavy (non-hydrogen) atoms. The number of nitrogens with one attached hydrogen (secondary N) is 1. The van der Waals surface area contributed by atoms with Gasteiger partial charge in [0.1, 0.15) is 5.82 Å². The van der Waals surface area contributed by atoms with Crippen molar-refractivity contribution in [2.75, 3.05) is 11.6 Å². The van der Waals surface area contributed by atoms with Gasteiger partial charge in [-0.1, -0.05) is 30.3 Å². The largest absolute Gasteiger partial charge is 0.340 e. The number of hydrogen-bond acceptors (Lipinski definition) is 5. The number of aromatic nitrogens is 2. The molecule has 122 valence electrons. The molecule has 1 heterocycles. The van der Waals surface area contributed by atoms with E-state index >= 15 is 0 Å². The Morgan fingerprint density at radius 1 is 0.958 bits per heavy atom. The molecule has 7 heteroatoms. The molecule has 0 amide bonds. The molecule has 1 aromatic heterocycles. The molecule has 0 atom stereocenters. The third kappa shape index (κ3) is 3.90. The van der Waals surface area contributed by atoms with Crippen molar-refractivity contribution in [2.45, 2.75) is 4.90 Å². The molecule has 0 saturated carbocycles. The van der Waals surface area contributed by atoms with Crippen molar-refractivity contribution < 1.29 is 8.42 Å². The fourth-order valence-corrected chi connectivity index (χ4v) is 2.98. The number of nitrogens with zero attached hydrogens (tertiary/aromatic N) is 2. The lowest BCUT2D eigenvalue weighted by Crippen LogP contribution is -1.99. The smallest absolute Gasteiger partial charge is 0.224 e. The average Bonchev–Trinajstić information content (AvgIpc) is 2.55. The lowest BCUT2D eigenvalue weighted by Gasteiger charge is -2.09. The summed E-state index contributed by atoms with van der Waals surface area (Å²) >= 11 is 6.01. The molecule has 3 rings (SSSR count). The summed E-state index contributed by atoms with van der Waals surface area (Å²) in [6.07, 6.45) is 1.17. The summed E-state index contributed by atoms with van der Waals surface area (Å²) in [6, 6.07) is 17.8. The molecule has 5 nitrogen and oxygen atoms in total. The van der Waals surface area contributed by atoms with Gasteiger partial charge in [0.2, 0.25) is 5.28 Å². The Balaban J connectivity index is 1.89. The summed E-state index contributed by atoms with van der Waals surface area (Å²) in [4.78, 5) is 8.64. The summed E-state index contributed by atoms with van der Waals surface area (Å²) in [5.41, 5.74) is 2.33. The Kier molecular flexibility index (Phi) is 4.51. The second kappa shape index (κ2) is 6.59. The highest BCUT2D eigenvalue weighted by molar-refractivity contribution is 7.90. The number of halogens is 1. The van der Waals surface area contributed by atoms with Crippen molar-refractivity contribution in [2.24, 2.45) is 0 Å². The van der Waals surface area contributed by atoms with Gasteiger partial charge in [0.05, 0.1) is 10.6 Å². The Morgan fingerprint density at radius 2 is 1.62 bits per heavy atom. The minimum absolute atomic E-state index is 0.131. The molecule has 3 aromatic rings. The van der Waals surface area contributed by atoms with Gasteiger partial charge in [-0.05, 0) is 35.9 Å². The van der Waals surface area contributed by atoms with E-state index in [-0.39, 0.29) is 10.2 Å². The molecule has 1 N–H and O–H groups in total. The Hall–Kier alpha value is -2.44. The zero-order chi connectivity index (χ0) is 17.2. The van der Waals surface area contributed by atoms with Gasteiger partial charge >= 0.3 is 0 Å². The molecule has 0 unspecified atom stereocenters. The second-order valence-corrected chi connectivity index (χ2v) is 7.55. The zero-order valence-corrected chi connectivity index (χ0v) is 14.3. The highest BCUT2D eigenvalue weighted by atomic mass is 35.5. The van der Waals surface area contributed by atoms with Crippen molar-refractivity contribution in [3.05, 3.63) is 65.9 Å². The Morgan fingerprint density at radius 3 is 2.25 bits per heavy atom. The van der Waals surface area contributed by atoms with E-state index in [0.717, 1.165) is 5.56 Å². The van der Waals surface area contributed by atoms with Gasteiger partial charge in [-0.25, -0.2) is 18.4 Å². The molecule has 0 aliphatic heterocycles. The van der Waals surface area contributed by atoms with Gasteiger partial charge in [0, 0.05) is 23.6 Å². The minimum atomic E-state index is -3.22. The summed E-state index contributed by atoms with van der Waals surface area (Å²) < 4.78 is 23.0. The summed E-state index contributed by atoms with van der Waals surface area (Å²) in [7, 11) is -3.22. The predicted molar refractivity (Wildman–Crippen MR) is 95.3 cm³/mol. The van der Waals surface area contributed by atoms with Crippen LogP contribution in [-0.4, -0.2) is 24.6 Å². The zero-order valence-electron chi connectivity index (χ0n) is 12.8. The third-order valence-electron chi connectivity index (χ3n) is 3.32. The van der Waals surface area contributed by atoms with Gasteiger partial charge in [-0.2, -0.15) is 0 Å². The monoisotopic (exact) mass is 359 g/mol. The first-order valence-electron chi connectivity index (χ1n) is 7.09. The summed E-state index contributed by atoms with van der Waals surface area (Å²) in [5, 5.41) is 3.23. The fraction of sp³-hybridized carbons (Fsp3) is 0.0588. The second-order valence-electron chi connectivity index (χ2n) is 5.20.